The number of anilines is 1. The van der Waals surface area contributed by atoms with E-state index in [0.29, 0.717) is 12.8 Å². The highest BCUT2D eigenvalue weighted by Crippen LogP contribution is 2.20. The average molecular weight is 326 g/mol. The highest BCUT2D eigenvalue weighted by atomic mass is 79.9. The molecule has 1 unspecified atom stereocenters. The number of hydrogen-bond acceptors (Lipinski definition) is 4. The molecule has 0 aliphatic rings. The summed E-state index contributed by atoms with van der Waals surface area (Å²) < 4.78 is 0.912. The van der Waals surface area contributed by atoms with Gasteiger partial charge in [-0.25, -0.2) is 0 Å². The van der Waals surface area contributed by atoms with Gasteiger partial charge in [0.15, 0.2) is 0 Å². The molecule has 1 aromatic carbocycles. The van der Waals surface area contributed by atoms with Crippen molar-refractivity contribution >= 4 is 40.1 Å². The van der Waals surface area contributed by atoms with Gasteiger partial charge in [0.2, 0.25) is 12.3 Å². The van der Waals surface area contributed by atoms with Gasteiger partial charge in [-0.1, -0.05) is 15.9 Å². The van der Waals surface area contributed by atoms with Gasteiger partial charge in [0.05, 0.1) is 0 Å². The zero-order valence-corrected chi connectivity index (χ0v) is 12.2. The molecule has 6 heteroatoms. The Morgan fingerprint density at radius 3 is 2.89 bits per heavy atom. The summed E-state index contributed by atoms with van der Waals surface area (Å²) in [6, 6.07) is 5.69. The van der Waals surface area contributed by atoms with E-state index in [1.54, 1.807) is 0 Å². The number of rotatable bonds is 7. The summed E-state index contributed by atoms with van der Waals surface area (Å²) in [5.41, 5.74) is 1.63. The van der Waals surface area contributed by atoms with Crippen LogP contribution in [0, 0.1) is 5.41 Å². The topological polar surface area (TPSA) is 82.1 Å². The van der Waals surface area contributed by atoms with E-state index in [9.17, 15) is 9.59 Å². The summed E-state index contributed by atoms with van der Waals surface area (Å²) >= 11 is 3.35. The van der Waals surface area contributed by atoms with Gasteiger partial charge in [0.1, 0.15) is 0 Å². The van der Waals surface area contributed by atoms with Crippen LogP contribution in [0.1, 0.15) is 25.3 Å². The van der Waals surface area contributed by atoms with Crippen molar-refractivity contribution in [2.45, 2.75) is 25.8 Å². The quantitative estimate of drug-likeness (QED) is 0.531. The molecule has 0 heterocycles. The van der Waals surface area contributed by atoms with Crippen LogP contribution in [0.4, 0.5) is 5.69 Å². The maximum absolute atomic E-state index is 11.2. The van der Waals surface area contributed by atoms with E-state index < -0.39 is 0 Å². The number of halogens is 1. The molecule has 0 bridgehead atoms. The maximum Gasteiger partial charge on any atom is 0.226 e. The van der Waals surface area contributed by atoms with Crippen LogP contribution in [0.2, 0.25) is 0 Å². The number of nitrogens with one attached hydrogen (secondary N) is 3. The number of benzene rings is 1. The summed E-state index contributed by atoms with van der Waals surface area (Å²) in [4.78, 5) is 21.2. The minimum Gasteiger partial charge on any atom is -0.382 e. The van der Waals surface area contributed by atoms with Crippen molar-refractivity contribution < 1.29 is 9.59 Å². The highest BCUT2D eigenvalue weighted by Gasteiger charge is 2.08. The second-order valence-corrected chi connectivity index (χ2v) is 5.06. The minimum atomic E-state index is -0.285. The van der Waals surface area contributed by atoms with Crippen LogP contribution in [-0.2, 0) is 9.59 Å². The summed E-state index contributed by atoms with van der Waals surface area (Å²) in [7, 11) is 0. The molecule has 5 nitrogen and oxygen atoms in total. The minimum absolute atomic E-state index is 0.0669. The van der Waals surface area contributed by atoms with Crippen molar-refractivity contribution in [1.82, 2.24) is 5.32 Å². The fourth-order valence-corrected chi connectivity index (χ4v) is 1.99. The van der Waals surface area contributed by atoms with E-state index in [2.05, 4.69) is 26.6 Å². The first-order valence-electron chi connectivity index (χ1n) is 5.86. The Kier molecular flexibility index (Phi) is 6.21. The van der Waals surface area contributed by atoms with Gasteiger partial charge >= 0.3 is 0 Å². The largest absolute Gasteiger partial charge is 0.382 e. The van der Waals surface area contributed by atoms with Crippen molar-refractivity contribution in [1.29, 1.82) is 5.41 Å². The predicted octanol–water partition coefficient (Wildman–Crippen LogP) is 2.30. The average Bonchev–Trinajstić information content (AvgIpc) is 2.39. The summed E-state index contributed by atoms with van der Waals surface area (Å²) in [5, 5.41) is 12.7. The number of imide groups is 1. The lowest BCUT2D eigenvalue weighted by atomic mass is 10.1. The molecule has 3 N–H and O–H groups in total. The molecule has 1 atom stereocenters. The monoisotopic (exact) mass is 325 g/mol. The predicted molar refractivity (Wildman–Crippen MR) is 78.6 cm³/mol. The molecule has 1 aromatic rings. The van der Waals surface area contributed by atoms with Crippen molar-refractivity contribution in [3.05, 3.63) is 28.2 Å². The Morgan fingerprint density at radius 2 is 2.26 bits per heavy atom. The van der Waals surface area contributed by atoms with E-state index in [1.807, 2.05) is 25.1 Å². The Hall–Kier alpha value is -1.69. The Labute approximate surface area is 120 Å². The van der Waals surface area contributed by atoms with E-state index in [0.717, 1.165) is 15.7 Å². The molecule has 0 aliphatic heterocycles. The number of hydrogen-bond donors (Lipinski definition) is 3. The van der Waals surface area contributed by atoms with Gasteiger partial charge in [0, 0.05) is 34.4 Å². The lowest BCUT2D eigenvalue weighted by Gasteiger charge is -2.16. The summed E-state index contributed by atoms with van der Waals surface area (Å²) in [6.07, 6.45) is 2.55. The van der Waals surface area contributed by atoms with Crippen LogP contribution in [0.5, 0.6) is 0 Å². The number of carbonyl (C=O) groups excluding carboxylic acids is 2. The molecule has 0 saturated carbocycles. The van der Waals surface area contributed by atoms with Gasteiger partial charge in [-0.3, -0.25) is 14.9 Å². The van der Waals surface area contributed by atoms with Crippen molar-refractivity contribution in [3.63, 3.8) is 0 Å². The lowest BCUT2D eigenvalue weighted by Crippen LogP contribution is -2.24. The SMILES string of the molecule is CC(CCC(=O)NC=O)Nc1ccc(Br)cc1C=N. The fourth-order valence-electron chi connectivity index (χ4n) is 1.61. The molecule has 102 valence electrons. The molecule has 0 aliphatic carbocycles. The summed E-state index contributed by atoms with van der Waals surface area (Å²) in [5.74, 6) is -0.285. The first kappa shape index (κ1) is 15.4. The second-order valence-electron chi connectivity index (χ2n) is 4.15. The standard InChI is InChI=1S/C13H16BrN3O2/c1-9(2-5-13(19)16-8-18)17-12-4-3-11(14)6-10(12)7-15/h3-4,6-9,15,17H,2,5H2,1H3,(H,16,18,19). The van der Waals surface area contributed by atoms with Gasteiger partial charge in [0.25, 0.3) is 0 Å². The first-order valence-corrected chi connectivity index (χ1v) is 6.65. The van der Waals surface area contributed by atoms with E-state index in [4.69, 9.17) is 5.41 Å². The first-order chi connectivity index (χ1) is 9.06. The van der Waals surface area contributed by atoms with Gasteiger partial charge in [-0.15, -0.1) is 0 Å². The van der Waals surface area contributed by atoms with E-state index >= 15 is 0 Å². The van der Waals surface area contributed by atoms with Gasteiger partial charge in [-0.05, 0) is 31.5 Å². The van der Waals surface area contributed by atoms with E-state index in [1.165, 1.54) is 6.21 Å². The molecule has 0 aromatic heterocycles. The molecule has 1 rings (SSSR count). The third-order valence-electron chi connectivity index (χ3n) is 2.60. The molecule has 0 spiro atoms. The van der Waals surface area contributed by atoms with Crippen LogP contribution < -0.4 is 10.6 Å². The Morgan fingerprint density at radius 1 is 1.53 bits per heavy atom. The second kappa shape index (κ2) is 7.68. The third kappa shape index (κ3) is 5.21. The normalized spacial score (nSPS) is 11.5. The molecule has 19 heavy (non-hydrogen) atoms. The van der Waals surface area contributed by atoms with Crippen LogP contribution in [0.25, 0.3) is 0 Å². The zero-order valence-electron chi connectivity index (χ0n) is 10.6. The van der Waals surface area contributed by atoms with Crippen LogP contribution >= 0.6 is 15.9 Å². The van der Waals surface area contributed by atoms with Gasteiger partial charge < -0.3 is 10.7 Å². The fraction of sp³-hybridized carbons (Fsp3) is 0.308. The number of amides is 2. The zero-order chi connectivity index (χ0) is 14.3. The van der Waals surface area contributed by atoms with Crippen molar-refractivity contribution in [3.8, 4) is 0 Å². The molecular formula is C13H16BrN3O2. The van der Waals surface area contributed by atoms with Gasteiger partial charge in [-0.2, -0.15) is 0 Å². The molecule has 2 amide bonds. The van der Waals surface area contributed by atoms with Crippen LogP contribution in [0.3, 0.4) is 0 Å². The van der Waals surface area contributed by atoms with Crippen molar-refractivity contribution in [2.24, 2.45) is 0 Å². The number of carbonyl (C=O) groups is 2. The summed E-state index contributed by atoms with van der Waals surface area (Å²) in [6.45, 7) is 1.95. The highest BCUT2D eigenvalue weighted by molar-refractivity contribution is 9.10. The molecule has 0 radical (unpaired) electrons. The maximum atomic E-state index is 11.2. The smallest absolute Gasteiger partial charge is 0.226 e. The Balaban J connectivity index is 2.57. The van der Waals surface area contributed by atoms with Crippen LogP contribution in [0.15, 0.2) is 22.7 Å². The van der Waals surface area contributed by atoms with Crippen molar-refractivity contribution in [2.75, 3.05) is 5.32 Å². The molecular weight excluding hydrogens is 310 g/mol. The Bertz CT molecular complexity index is 477. The third-order valence-corrected chi connectivity index (χ3v) is 3.09. The van der Waals surface area contributed by atoms with E-state index in [-0.39, 0.29) is 18.4 Å². The lowest BCUT2D eigenvalue weighted by molar-refractivity contribution is -0.125. The molecule has 0 fully saturated rings. The molecule has 0 saturated heterocycles. The van der Waals surface area contributed by atoms with Crippen LogP contribution in [-0.4, -0.2) is 24.6 Å².